The Labute approximate surface area is 189 Å². The molecule has 0 amide bonds. The zero-order chi connectivity index (χ0) is 23.0. The summed E-state index contributed by atoms with van der Waals surface area (Å²) in [6.07, 6.45) is 4.35. The maximum Gasteiger partial charge on any atom is 0.337 e. The minimum atomic E-state index is -0.949. The lowest BCUT2D eigenvalue weighted by molar-refractivity contribution is 0.0697. The van der Waals surface area contributed by atoms with Crippen LogP contribution in [0, 0.1) is 13.8 Å². The van der Waals surface area contributed by atoms with Crippen molar-refractivity contribution in [1.29, 1.82) is 0 Å². The van der Waals surface area contributed by atoms with E-state index in [1.165, 1.54) is 0 Å². The van der Waals surface area contributed by atoms with Gasteiger partial charge in [0.25, 0.3) is 0 Å². The number of carboxylic acid groups (broad SMARTS) is 1. The van der Waals surface area contributed by atoms with Gasteiger partial charge in [-0.05, 0) is 73.1 Å². The van der Waals surface area contributed by atoms with Crippen molar-refractivity contribution in [2.24, 2.45) is 0 Å². The third-order valence-electron chi connectivity index (χ3n) is 5.60. The predicted molar refractivity (Wildman–Crippen MR) is 128 cm³/mol. The normalized spacial score (nSPS) is 13.7. The molecule has 1 aliphatic rings. The third-order valence-corrected chi connectivity index (χ3v) is 5.60. The van der Waals surface area contributed by atoms with E-state index in [1.54, 1.807) is 12.3 Å². The summed E-state index contributed by atoms with van der Waals surface area (Å²) in [5, 5.41) is 13.2. The van der Waals surface area contributed by atoms with Crippen LogP contribution in [0.4, 0.5) is 11.4 Å². The zero-order valence-corrected chi connectivity index (χ0v) is 19.3. The van der Waals surface area contributed by atoms with Crippen molar-refractivity contribution in [3.63, 3.8) is 0 Å². The molecule has 0 spiro atoms. The van der Waals surface area contributed by atoms with Crippen molar-refractivity contribution < 1.29 is 14.6 Å². The van der Waals surface area contributed by atoms with Crippen LogP contribution >= 0.6 is 0 Å². The number of aromatic nitrogens is 1. The number of carbonyl (C=O) groups is 1. The fourth-order valence-corrected chi connectivity index (χ4v) is 3.87. The van der Waals surface area contributed by atoms with Gasteiger partial charge >= 0.3 is 5.97 Å². The fraction of sp³-hybridized carbons (Fsp3) is 0.333. The Bertz CT molecular complexity index is 1170. The lowest BCUT2D eigenvalue weighted by Gasteiger charge is -2.26. The lowest BCUT2D eigenvalue weighted by atomic mass is 9.83. The van der Waals surface area contributed by atoms with E-state index in [0.717, 1.165) is 52.2 Å². The highest BCUT2D eigenvalue weighted by molar-refractivity contribution is 5.97. The highest BCUT2D eigenvalue weighted by atomic mass is 16.5. The summed E-state index contributed by atoms with van der Waals surface area (Å²) in [6, 6.07) is 13.8. The molecule has 5 heteroatoms. The molecule has 0 unspecified atom stereocenters. The maximum absolute atomic E-state index is 12.0. The van der Waals surface area contributed by atoms with E-state index in [1.807, 2.05) is 44.2 Å². The number of nitrogens with zero attached hydrogens (tertiary/aromatic N) is 1. The van der Waals surface area contributed by atoms with Gasteiger partial charge in [-0.1, -0.05) is 39.0 Å². The Morgan fingerprint density at radius 3 is 2.50 bits per heavy atom. The third kappa shape index (κ3) is 4.77. The molecule has 2 aromatic carbocycles. The summed E-state index contributed by atoms with van der Waals surface area (Å²) in [7, 11) is 0. The monoisotopic (exact) mass is 430 g/mol. The first-order valence-electron chi connectivity index (χ1n) is 11.0. The van der Waals surface area contributed by atoms with E-state index in [0.29, 0.717) is 11.8 Å². The molecule has 0 atom stereocenters. The van der Waals surface area contributed by atoms with Gasteiger partial charge < -0.3 is 15.2 Å². The summed E-state index contributed by atoms with van der Waals surface area (Å²) in [5.41, 5.74) is 6.19. The molecule has 0 radical (unpaired) electrons. The van der Waals surface area contributed by atoms with E-state index in [4.69, 9.17) is 9.72 Å². The molecular weight excluding hydrogens is 400 g/mol. The Morgan fingerprint density at radius 1 is 1.12 bits per heavy atom. The van der Waals surface area contributed by atoms with Crippen molar-refractivity contribution in [2.45, 2.75) is 59.0 Å². The molecule has 4 rings (SSSR count). The van der Waals surface area contributed by atoms with Gasteiger partial charge in [0.05, 0.1) is 34.9 Å². The molecule has 5 nitrogen and oxygen atoms in total. The number of rotatable bonds is 6. The number of pyridine rings is 1. The first kappa shape index (κ1) is 21.9. The number of aromatic carboxylic acids is 1. The van der Waals surface area contributed by atoms with Crippen LogP contribution in [-0.2, 0) is 5.41 Å². The van der Waals surface area contributed by atoms with Crippen molar-refractivity contribution in [3.8, 4) is 17.0 Å². The molecule has 1 saturated carbocycles. The first-order chi connectivity index (χ1) is 15.1. The summed E-state index contributed by atoms with van der Waals surface area (Å²) < 4.78 is 5.92. The van der Waals surface area contributed by atoms with E-state index in [9.17, 15) is 9.90 Å². The maximum atomic E-state index is 12.0. The summed E-state index contributed by atoms with van der Waals surface area (Å²) >= 11 is 0. The standard InChI is InChI=1S/C27H30N2O3/c1-16-11-22(26(30)31)25(23(12-16)27(3,4)5)29-19-13-17(2)24(28-15-19)18-7-6-8-21(14-18)32-20-9-10-20/h6-8,11-15,20,29H,9-10H2,1-5H3,(H,30,31). The number of hydrogen-bond acceptors (Lipinski definition) is 4. The van der Waals surface area contributed by atoms with Gasteiger partial charge in [-0.3, -0.25) is 4.98 Å². The summed E-state index contributed by atoms with van der Waals surface area (Å²) in [4.78, 5) is 16.7. The second kappa shape index (κ2) is 8.30. The molecule has 0 bridgehead atoms. The Balaban J connectivity index is 1.68. The van der Waals surface area contributed by atoms with Gasteiger partial charge in [0.1, 0.15) is 5.75 Å². The smallest absolute Gasteiger partial charge is 0.337 e. The number of ether oxygens (including phenoxy) is 1. The van der Waals surface area contributed by atoms with E-state index >= 15 is 0 Å². The second-order valence-corrected chi connectivity index (χ2v) is 9.65. The average Bonchev–Trinajstić information content (AvgIpc) is 3.52. The van der Waals surface area contributed by atoms with E-state index in [-0.39, 0.29) is 11.0 Å². The largest absolute Gasteiger partial charge is 0.490 e. The fourth-order valence-electron chi connectivity index (χ4n) is 3.87. The van der Waals surface area contributed by atoms with Crippen LogP contribution in [0.25, 0.3) is 11.3 Å². The molecule has 3 aromatic rings. The molecule has 32 heavy (non-hydrogen) atoms. The summed E-state index contributed by atoms with van der Waals surface area (Å²) in [5.74, 6) is -0.0792. The molecule has 0 aliphatic heterocycles. The number of hydrogen-bond donors (Lipinski definition) is 2. The van der Waals surface area contributed by atoms with E-state index in [2.05, 4.69) is 32.2 Å². The van der Waals surface area contributed by atoms with Crippen LogP contribution in [0.15, 0.2) is 48.7 Å². The Morgan fingerprint density at radius 2 is 1.88 bits per heavy atom. The molecule has 0 saturated heterocycles. The number of aryl methyl sites for hydroxylation is 2. The van der Waals surface area contributed by atoms with Crippen molar-refractivity contribution >= 4 is 17.3 Å². The quantitative estimate of drug-likeness (QED) is 0.458. The van der Waals surface area contributed by atoms with Crippen LogP contribution in [-0.4, -0.2) is 22.2 Å². The van der Waals surface area contributed by atoms with Gasteiger partial charge in [-0.25, -0.2) is 4.79 Å². The highest BCUT2D eigenvalue weighted by Gasteiger charge is 2.25. The lowest BCUT2D eigenvalue weighted by Crippen LogP contribution is -2.17. The molecule has 1 heterocycles. The summed E-state index contributed by atoms with van der Waals surface area (Å²) in [6.45, 7) is 10.2. The molecule has 166 valence electrons. The van der Waals surface area contributed by atoms with Gasteiger partial charge in [-0.15, -0.1) is 0 Å². The molecule has 1 fully saturated rings. The second-order valence-electron chi connectivity index (χ2n) is 9.65. The van der Waals surface area contributed by atoms with E-state index < -0.39 is 5.97 Å². The van der Waals surface area contributed by atoms with Gasteiger partial charge in [0, 0.05) is 5.56 Å². The van der Waals surface area contributed by atoms with Gasteiger partial charge in [-0.2, -0.15) is 0 Å². The number of anilines is 2. The minimum Gasteiger partial charge on any atom is -0.490 e. The highest BCUT2D eigenvalue weighted by Crippen LogP contribution is 2.36. The molecule has 1 aromatic heterocycles. The van der Waals surface area contributed by atoms with Crippen molar-refractivity contribution in [2.75, 3.05) is 5.32 Å². The SMILES string of the molecule is Cc1cc(C(=O)O)c(Nc2cnc(-c3cccc(OC4CC4)c3)c(C)c2)c(C(C)(C)C)c1. The van der Waals surface area contributed by atoms with Crippen LogP contribution in [0.1, 0.15) is 60.7 Å². The zero-order valence-electron chi connectivity index (χ0n) is 19.3. The molecule has 1 aliphatic carbocycles. The van der Waals surface area contributed by atoms with Crippen molar-refractivity contribution in [3.05, 3.63) is 70.9 Å². The molecule has 2 N–H and O–H groups in total. The Kier molecular flexibility index (Phi) is 5.68. The van der Waals surface area contributed by atoms with Crippen LogP contribution in [0.2, 0.25) is 0 Å². The number of carboxylic acids is 1. The van der Waals surface area contributed by atoms with Crippen molar-refractivity contribution in [1.82, 2.24) is 4.98 Å². The topological polar surface area (TPSA) is 71.5 Å². The van der Waals surface area contributed by atoms with Gasteiger partial charge in [0.15, 0.2) is 0 Å². The first-order valence-corrected chi connectivity index (χ1v) is 11.0. The Hall–Kier alpha value is -3.34. The van der Waals surface area contributed by atoms with Crippen LogP contribution in [0.5, 0.6) is 5.75 Å². The van der Waals surface area contributed by atoms with Crippen LogP contribution < -0.4 is 10.1 Å². The minimum absolute atomic E-state index is 0.219. The average molecular weight is 431 g/mol. The predicted octanol–water partition coefficient (Wildman–Crippen LogP) is 6.65. The van der Waals surface area contributed by atoms with Crippen LogP contribution in [0.3, 0.4) is 0 Å². The number of nitrogens with one attached hydrogen (secondary N) is 1. The molecular formula is C27H30N2O3. The van der Waals surface area contributed by atoms with Gasteiger partial charge in [0.2, 0.25) is 0 Å². The number of benzene rings is 2.